The van der Waals surface area contributed by atoms with Gasteiger partial charge in [0.15, 0.2) is 0 Å². The molecule has 5 nitrogen and oxygen atoms in total. The van der Waals surface area contributed by atoms with Crippen LogP contribution >= 0.6 is 0 Å². The second-order valence-corrected chi connectivity index (χ2v) is 5.81. The minimum atomic E-state index is -0.653. The molecule has 0 saturated heterocycles. The van der Waals surface area contributed by atoms with E-state index in [1.165, 1.54) is 0 Å². The molecule has 0 bridgehead atoms. The maximum absolute atomic E-state index is 11.8. The highest BCUT2D eigenvalue weighted by atomic mass is 16.2. The lowest BCUT2D eigenvalue weighted by Crippen LogP contribution is -2.49. The van der Waals surface area contributed by atoms with E-state index in [0.717, 1.165) is 5.56 Å². The first-order valence-corrected chi connectivity index (χ1v) is 6.66. The zero-order valence-electron chi connectivity index (χ0n) is 12.3. The van der Waals surface area contributed by atoms with E-state index >= 15 is 0 Å². The standard InChI is InChI=1S/C15H23N3O2/c1-15(2,3)18-13(19)10-17-14(20)12(16)9-11-7-5-4-6-8-11/h4-8,12H,9-10,16H2,1-3H3,(H,17,20)(H,18,19). The Balaban J connectivity index is 2.37. The summed E-state index contributed by atoms with van der Waals surface area (Å²) in [5, 5.41) is 5.32. The van der Waals surface area contributed by atoms with Gasteiger partial charge in [-0.05, 0) is 32.8 Å². The van der Waals surface area contributed by atoms with Crippen LogP contribution in [0.5, 0.6) is 0 Å². The van der Waals surface area contributed by atoms with Gasteiger partial charge in [-0.15, -0.1) is 0 Å². The van der Waals surface area contributed by atoms with Gasteiger partial charge in [0.25, 0.3) is 0 Å². The lowest BCUT2D eigenvalue weighted by Gasteiger charge is -2.21. The molecule has 1 unspecified atom stereocenters. The Hall–Kier alpha value is -1.88. The summed E-state index contributed by atoms with van der Waals surface area (Å²) in [5.74, 6) is -0.546. The van der Waals surface area contributed by atoms with Gasteiger partial charge in [-0.25, -0.2) is 0 Å². The van der Waals surface area contributed by atoms with Gasteiger partial charge in [-0.2, -0.15) is 0 Å². The van der Waals surface area contributed by atoms with Gasteiger partial charge < -0.3 is 16.4 Å². The monoisotopic (exact) mass is 277 g/mol. The number of benzene rings is 1. The molecule has 0 saturated carbocycles. The molecule has 20 heavy (non-hydrogen) atoms. The number of carbonyl (C=O) groups excluding carboxylic acids is 2. The molecule has 0 radical (unpaired) electrons. The van der Waals surface area contributed by atoms with Crippen molar-refractivity contribution in [3.05, 3.63) is 35.9 Å². The van der Waals surface area contributed by atoms with E-state index in [4.69, 9.17) is 5.73 Å². The first-order valence-electron chi connectivity index (χ1n) is 6.66. The molecule has 0 aliphatic rings. The third kappa shape index (κ3) is 6.33. The molecule has 110 valence electrons. The van der Waals surface area contributed by atoms with Gasteiger partial charge in [0.05, 0.1) is 12.6 Å². The van der Waals surface area contributed by atoms with Crippen molar-refractivity contribution in [2.75, 3.05) is 6.54 Å². The summed E-state index contributed by atoms with van der Waals surface area (Å²) < 4.78 is 0. The minimum absolute atomic E-state index is 0.0570. The molecule has 0 heterocycles. The largest absolute Gasteiger partial charge is 0.350 e. The zero-order chi connectivity index (χ0) is 15.2. The van der Waals surface area contributed by atoms with E-state index in [-0.39, 0.29) is 23.9 Å². The highest BCUT2D eigenvalue weighted by Crippen LogP contribution is 2.02. The van der Waals surface area contributed by atoms with Gasteiger partial charge in [-0.1, -0.05) is 30.3 Å². The third-order valence-electron chi connectivity index (χ3n) is 2.57. The van der Waals surface area contributed by atoms with Crippen LogP contribution < -0.4 is 16.4 Å². The van der Waals surface area contributed by atoms with Crippen LogP contribution in [0.2, 0.25) is 0 Å². The van der Waals surface area contributed by atoms with Crippen LogP contribution in [0.3, 0.4) is 0 Å². The van der Waals surface area contributed by atoms with Crippen molar-refractivity contribution in [3.63, 3.8) is 0 Å². The maximum atomic E-state index is 11.8. The number of hydrogen-bond acceptors (Lipinski definition) is 3. The number of carbonyl (C=O) groups is 2. The third-order valence-corrected chi connectivity index (χ3v) is 2.57. The van der Waals surface area contributed by atoms with E-state index in [9.17, 15) is 9.59 Å². The van der Waals surface area contributed by atoms with E-state index in [2.05, 4.69) is 10.6 Å². The van der Waals surface area contributed by atoms with Crippen molar-refractivity contribution in [2.24, 2.45) is 5.73 Å². The number of hydrogen-bond donors (Lipinski definition) is 3. The Kier molecular flexibility index (Phi) is 5.70. The van der Waals surface area contributed by atoms with Crippen LogP contribution in [-0.4, -0.2) is 29.9 Å². The van der Waals surface area contributed by atoms with Crippen LogP contribution in [0.25, 0.3) is 0 Å². The first-order chi connectivity index (χ1) is 9.28. The molecule has 1 rings (SSSR count). The Morgan fingerprint density at radius 3 is 2.35 bits per heavy atom. The van der Waals surface area contributed by atoms with Gasteiger partial charge in [-0.3, -0.25) is 9.59 Å². The summed E-state index contributed by atoms with van der Waals surface area (Å²) in [5.41, 5.74) is 6.50. The second-order valence-electron chi connectivity index (χ2n) is 5.81. The molecule has 1 aromatic carbocycles. The molecule has 5 heteroatoms. The Morgan fingerprint density at radius 2 is 1.80 bits per heavy atom. The smallest absolute Gasteiger partial charge is 0.239 e. The zero-order valence-corrected chi connectivity index (χ0v) is 12.3. The summed E-state index contributed by atoms with van der Waals surface area (Å²) in [7, 11) is 0. The molecule has 0 aliphatic carbocycles. The van der Waals surface area contributed by atoms with Crippen molar-refractivity contribution in [3.8, 4) is 0 Å². The van der Waals surface area contributed by atoms with E-state index < -0.39 is 6.04 Å². The molecular weight excluding hydrogens is 254 g/mol. The van der Waals surface area contributed by atoms with Crippen molar-refractivity contribution in [2.45, 2.75) is 38.8 Å². The van der Waals surface area contributed by atoms with Crippen LogP contribution in [0.15, 0.2) is 30.3 Å². The van der Waals surface area contributed by atoms with Crippen LogP contribution in [0.4, 0.5) is 0 Å². The highest BCUT2D eigenvalue weighted by Gasteiger charge is 2.17. The van der Waals surface area contributed by atoms with Crippen LogP contribution in [0, 0.1) is 0 Å². The normalized spacial score (nSPS) is 12.6. The SMILES string of the molecule is CC(C)(C)NC(=O)CNC(=O)C(N)Cc1ccccc1. The summed E-state index contributed by atoms with van der Waals surface area (Å²) >= 11 is 0. The van der Waals surface area contributed by atoms with Crippen molar-refractivity contribution >= 4 is 11.8 Å². The number of amides is 2. The first kappa shape index (κ1) is 16.2. The summed E-state index contributed by atoms with van der Waals surface area (Å²) in [6.45, 7) is 5.59. The maximum Gasteiger partial charge on any atom is 0.239 e. The molecule has 0 aromatic heterocycles. The summed E-state index contributed by atoms with van der Waals surface area (Å²) in [6.07, 6.45) is 0.452. The molecular formula is C15H23N3O2. The Bertz CT molecular complexity index is 452. The predicted molar refractivity (Wildman–Crippen MR) is 79.0 cm³/mol. The van der Waals surface area contributed by atoms with Gasteiger partial charge >= 0.3 is 0 Å². The number of nitrogens with two attached hydrogens (primary N) is 1. The Morgan fingerprint density at radius 1 is 1.20 bits per heavy atom. The average molecular weight is 277 g/mol. The van der Waals surface area contributed by atoms with Crippen molar-refractivity contribution < 1.29 is 9.59 Å². The molecule has 4 N–H and O–H groups in total. The molecule has 1 atom stereocenters. The quantitative estimate of drug-likeness (QED) is 0.736. The van der Waals surface area contributed by atoms with Gasteiger partial charge in [0.2, 0.25) is 11.8 Å². The van der Waals surface area contributed by atoms with E-state index in [0.29, 0.717) is 6.42 Å². The Labute approximate surface area is 119 Å². The predicted octanol–water partition coefficient (Wildman–Crippen LogP) is 0.587. The minimum Gasteiger partial charge on any atom is -0.350 e. The molecule has 1 aromatic rings. The summed E-state index contributed by atoms with van der Waals surface area (Å²) in [6, 6.07) is 8.89. The molecule has 0 aliphatic heterocycles. The topological polar surface area (TPSA) is 84.2 Å². The summed E-state index contributed by atoms with van der Waals surface area (Å²) in [4.78, 5) is 23.4. The van der Waals surface area contributed by atoms with Gasteiger partial charge in [0, 0.05) is 5.54 Å². The fraction of sp³-hybridized carbons (Fsp3) is 0.467. The molecule has 2 amide bonds. The second kappa shape index (κ2) is 7.05. The van der Waals surface area contributed by atoms with Crippen molar-refractivity contribution in [1.82, 2.24) is 10.6 Å². The average Bonchev–Trinajstić information content (AvgIpc) is 2.35. The lowest BCUT2D eigenvalue weighted by atomic mass is 10.1. The fourth-order valence-corrected chi connectivity index (χ4v) is 1.72. The molecule has 0 fully saturated rings. The van der Waals surface area contributed by atoms with Crippen LogP contribution in [-0.2, 0) is 16.0 Å². The lowest BCUT2D eigenvalue weighted by molar-refractivity contribution is -0.127. The number of nitrogens with one attached hydrogen (secondary N) is 2. The number of rotatable bonds is 5. The highest BCUT2D eigenvalue weighted by molar-refractivity contribution is 5.87. The molecule has 0 spiro atoms. The van der Waals surface area contributed by atoms with Crippen molar-refractivity contribution in [1.29, 1.82) is 0 Å². The van der Waals surface area contributed by atoms with Gasteiger partial charge in [0.1, 0.15) is 0 Å². The van der Waals surface area contributed by atoms with Crippen LogP contribution in [0.1, 0.15) is 26.3 Å². The van der Waals surface area contributed by atoms with E-state index in [1.807, 2.05) is 51.1 Å². The van der Waals surface area contributed by atoms with E-state index in [1.54, 1.807) is 0 Å². The fourth-order valence-electron chi connectivity index (χ4n) is 1.72.